The van der Waals surface area contributed by atoms with E-state index in [1.165, 1.54) is 71.5 Å². The molecule has 1 heterocycles. The molecular formula is C58H40N2. The average molecular weight is 765 g/mol. The van der Waals surface area contributed by atoms with Crippen LogP contribution in [0.4, 0.5) is 17.1 Å². The lowest BCUT2D eigenvalue weighted by Crippen LogP contribution is -2.11. The van der Waals surface area contributed by atoms with Crippen LogP contribution in [0.3, 0.4) is 0 Å². The minimum absolute atomic E-state index is 1.09. The SMILES string of the molecule is c1ccc(-c2ccccc2N(c2ccc(-c3cccc(-c4ccc5ccccc5c4)c3)cc2)c2ccc(-c3ccccc3-n3c4ccccc4c4ccccc43)cc2)cc1. The molecule has 0 radical (unpaired) electrons. The molecule has 0 aliphatic carbocycles. The molecule has 0 amide bonds. The van der Waals surface area contributed by atoms with E-state index in [1.807, 2.05) is 0 Å². The number of para-hydroxylation sites is 4. The summed E-state index contributed by atoms with van der Waals surface area (Å²) < 4.78 is 2.41. The van der Waals surface area contributed by atoms with Crippen molar-refractivity contribution in [3.8, 4) is 50.2 Å². The van der Waals surface area contributed by atoms with Gasteiger partial charge in [0.15, 0.2) is 0 Å². The lowest BCUT2D eigenvalue weighted by atomic mass is 9.97. The van der Waals surface area contributed by atoms with Gasteiger partial charge in [-0.1, -0.05) is 182 Å². The Morgan fingerprint density at radius 2 is 0.767 bits per heavy atom. The molecule has 11 rings (SSSR count). The number of rotatable bonds is 8. The van der Waals surface area contributed by atoms with Crippen molar-refractivity contribution in [1.29, 1.82) is 0 Å². The van der Waals surface area contributed by atoms with Crippen molar-refractivity contribution in [2.75, 3.05) is 4.90 Å². The average Bonchev–Trinajstić information content (AvgIpc) is 3.67. The number of nitrogens with zero attached hydrogens (tertiary/aromatic N) is 2. The highest BCUT2D eigenvalue weighted by Gasteiger charge is 2.19. The molecule has 0 saturated heterocycles. The molecule has 0 aliphatic rings. The highest BCUT2D eigenvalue weighted by molar-refractivity contribution is 6.09. The van der Waals surface area contributed by atoms with Crippen molar-refractivity contribution in [2.24, 2.45) is 0 Å². The first-order chi connectivity index (χ1) is 29.8. The number of fused-ring (bicyclic) bond motifs is 4. The van der Waals surface area contributed by atoms with Crippen LogP contribution in [-0.2, 0) is 0 Å². The van der Waals surface area contributed by atoms with Crippen molar-refractivity contribution < 1.29 is 0 Å². The fraction of sp³-hybridized carbons (Fsp3) is 0. The lowest BCUT2D eigenvalue weighted by molar-refractivity contribution is 1.18. The molecule has 10 aromatic carbocycles. The van der Waals surface area contributed by atoms with Gasteiger partial charge in [0, 0.05) is 33.3 Å². The summed E-state index contributed by atoms with van der Waals surface area (Å²) in [6.07, 6.45) is 0. The molecule has 0 bridgehead atoms. The summed E-state index contributed by atoms with van der Waals surface area (Å²) in [4.78, 5) is 2.39. The molecule has 0 aliphatic heterocycles. The van der Waals surface area contributed by atoms with Crippen LogP contribution in [0, 0.1) is 0 Å². The van der Waals surface area contributed by atoms with Gasteiger partial charge in [0.2, 0.25) is 0 Å². The van der Waals surface area contributed by atoms with Gasteiger partial charge in [-0.05, 0) is 105 Å². The summed E-state index contributed by atoms with van der Waals surface area (Å²) in [6, 6.07) is 87.8. The normalized spacial score (nSPS) is 11.3. The zero-order valence-electron chi connectivity index (χ0n) is 33.0. The largest absolute Gasteiger partial charge is 0.310 e. The molecule has 0 saturated carbocycles. The second kappa shape index (κ2) is 15.1. The van der Waals surface area contributed by atoms with E-state index >= 15 is 0 Å². The van der Waals surface area contributed by atoms with E-state index in [9.17, 15) is 0 Å². The van der Waals surface area contributed by atoms with E-state index in [2.05, 4.69) is 252 Å². The van der Waals surface area contributed by atoms with Crippen molar-refractivity contribution in [2.45, 2.75) is 0 Å². The molecule has 1 aromatic heterocycles. The number of hydrogen-bond acceptors (Lipinski definition) is 1. The van der Waals surface area contributed by atoms with Crippen LogP contribution >= 0.6 is 0 Å². The van der Waals surface area contributed by atoms with Crippen molar-refractivity contribution in [3.05, 3.63) is 243 Å². The smallest absolute Gasteiger partial charge is 0.0541 e. The van der Waals surface area contributed by atoms with Gasteiger partial charge < -0.3 is 9.47 Å². The Bertz CT molecular complexity index is 3250. The number of hydrogen-bond donors (Lipinski definition) is 0. The maximum Gasteiger partial charge on any atom is 0.0541 e. The molecule has 282 valence electrons. The monoisotopic (exact) mass is 764 g/mol. The first-order valence-corrected chi connectivity index (χ1v) is 20.6. The Morgan fingerprint density at radius 1 is 0.283 bits per heavy atom. The fourth-order valence-electron chi connectivity index (χ4n) is 8.89. The van der Waals surface area contributed by atoms with E-state index in [-0.39, 0.29) is 0 Å². The summed E-state index contributed by atoms with van der Waals surface area (Å²) in [5.41, 5.74) is 16.3. The van der Waals surface area contributed by atoms with E-state index in [0.29, 0.717) is 0 Å². The summed E-state index contributed by atoms with van der Waals surface area (Å²) >= 11 is 0. The molecule has 0 spiro atoms. The highest BCUT2D eigenvalue weighted by atomic mass is 15.1. The van der Waals surface area contributed by atoms with Gasteiger partial charge in [-0.3, -0.25) is 0 Å². The summed E-state index contributed by atoms with van der Waals surface area (Å²) in [6.45, 7) is 0. The van der Waals surface area contributed by atoms with Gasteiger partial charge in [0.05, 0.1) is 22.4 Å². The first kappa shape index (κ1) is 35.2. The Labute approximate surface area is 350 Å². The molecule has 0 fully saturated rings. The summed E-state index contributed by atoms with van der Waals surface area (Å²) in [5, 5.41) is 5.02. The van der Waals surface area contributed by atoms with E-state index in [1.54, 1.807) is 0 Å². The predicted octanol–water partition coefficient (Wildman–Crippen LogP) is 16.1. The van der Waals surface area contributed by atoms with E-state index < -0.39 is 0 Å². The first-order valence-electron chi connectivity index (χ1n) is 20.6. The molecule has 0 N–H and O–H groups in total. The zero-order chi connectivity index (χ0) is 39.8. The van der Waals surface area contributed by atoms with E-state index in [0.717, 1.165) is 28.3 Å². The second-order valence-corrected chi connectivity index (χ2v) is 15.3. The molecule has 11 aromatic rings. The molecule has 2 heteroatoms. The van der Waals surface area contributed by atoms with Gasteiger partial charge in [0.1, 0.15) is 0 Å². The van der Waals surface area contributed by atoms with E-state index in [4.69, 9.17) is 0 Å². The third kappa shape index (κ3) is 6.32. The maximum atomic E-state index is 2.41. The molecule has 0 atom stereocenters. The van der Waals surface area contributed by atoms with Crippen LogP contribution in [0.25, 0.3) is 82.8 Å². The van der Waals surface area contributed by atoms with Crippen molar-refractivity contribution in [1.82, 2.24) is 4.57 Å². The Kier molecular flexibility index (Phi) is 8.87. The Morgan fingerprint density at radius 3 is 1.48 bits per heavy atom. The minimum Gasteiger partial charge on any atom is -0.310 e. The van der Waals surface area contributed by atoms with Crippen LogP contribution in [0.15, 0.2) is 243 Å². The second-order valence-electron chi connectivity index (χ2n) is 15.3. The number of benzene rings is 10. The van der Waals surface area contributed by atoms with Gasteiger partial charge in [-0.15, -0.1) is 0 Å². The molecule has 0 unspecified atom stereocenters. The standard InChI is InChI=1S/C58H40N2/c1-2-16-43(17-3-1)51-21-6-10-25-55(51)59(49-35-31-42(32-36-49)46-19-14-20-47(39-46)48-30-29-41-15-4-5-18-45(41)40-48)50-37-33-44(34-38-50)52-22-7-11-26-56(52)60-57-27-12-8-23-53(57)54-24-9-13-28-58(54)60/h1-40H. The van der Waals surface area contributed by atoms with Crippen molar-refractivity contribution in [3.63, 3.8) is 0 Å². The van der Waals surface area contributed by atoms with Gasteiger partial charge in [-0.2, -0.15) is 0 Å². The highest BCUT2D eigenvalue weighted by Crippen LogP contribution is 2.43. The van der Waals surface area contributed by atoms with Gasteiger partial charge in [-0.25, -0.2) is 0 Å². The molecule has 60 heavy (non-hydrogen) atoms. The third-order valence-electron chi connectivity index (χ3n) is 11.8. The van der Waals surface area contributed by atoms with Crippen LogP contribution in [-0.4, -0.2) is 4.57 Å². The Balaban J connectivity index is 0.994. The topological polar surface area (TPSA) is 8.17 Å². The van der Waals surface area contributed by atoms with Crippen LogP contribution < -0.4 is 4.90 Å². The zero-order valence-corrected chi connectivity index (χ0v) is 33.0. The third-order valence-corrected chi connectivity index (χ3v) is 11.8. The Hall–Kier alpha value is -7.94. The maximum absolute atomic E-state index is 2.41. The van der Waals surface area contributed by atoms with Crippen LogP contribution in [0.2, 0.25) is 0 Å². The quantitative estimate of drug-likeness (QED) is 0.150. The summed E-state index contributed by atoms with van der Waals surface area (Å²) in [5.74, 6) is 0. The van der Waals surface area contributed by atoms with Crippen LogP contribution in [0.1, 0.15) is 0 Å². The molecular weight excluding hydrogens is 725 g/mol. The number of aromatic nitrogens is 1. The lowest BCUT2D eigenvalue weighted by Gasteiger charge is -2.28. The summed E-state index contributed by atoms with van der Waals surface area (Å²) in [7, 11) is 0. The predicted molar refractivity (Wildman–Crippen MR) is 255 cm³/mol. The fourth-order valence-corrected chi connectivity index (χ4v) is 8.89. The van der Waals surface area contributed by atoms with Gasteiger partial charge >= 0.3 is 0 Å². The number of anilines is 3. The molecule has 2 nitrogen and oxygen atoms in total. The van der Waals surface area contributed by atoms with Crippen LogP contribution in [0.5, 0.6) is 0 Å². The van der Waals surface area contributed by atoms with Gasteiger partial charge in [0.25, 0.3) is 0 Å². The minimum atomic E-state index is 1.09. The van der Waals surface area contributed by atoms with Crippen molar-refractivity contribution >= 4 is 49.6 Å².